The van der Waals surface area contributed by atoms with Crippen LogP contribution >= 0.6 is 0 Å². The molecule has 2 amide bonds. The first kappa shape index (κ1) is 16.8. The zero-order chi connectivity index (χ0) is 15.4. The molecule has 0 spiro atoms. The molecule has 0 radical (unpaired) electrons. The van der Waals surface area contributed by atoms with Crippen LogP contribution in [-0.4, -0.2) is 47.8 Å². The summed E-state index contributed by atoms with van der Waals surface area (Å²) < 4.78 is 11.1. The third kappa shape index (κ3) is 5.77. The number of carbonyl (C=O) groups excluding carboxylic acids is 2. The van der Waals surface area contributed by atoms with Crippen LogP contribution in [0.25, 0.3) is 0 Å². The van der Waals surface area contributed by atoms with Gasteiger partial charge in [-0.1, -0.05) is 0 Å². The van der Waals surface area contributed by atoms with Crippen LogP contribution in [0.3, 0.4) is 0 Å². The van der Waals surface area contributed by atoms with Gasteiger partial charge in [0.25, 0.3) is 0 Å². The Morgan fingerprint density at radius 1 is 1.35 bits per heavy atom. The molecule has 0 saturated carbocycles. The SMILES string of the molecule is CC(C)(C)OC(=O)N1CCCC(C)(OCCC(N)=O)C1. The number of nitrogens with zero attached hydrogens (tertiary/aromatic N) is 1. The number of piperidine rings is 1. The Bertz CT molecular complexity index is 365. The summed E-state index contributed by atoms with van der Waals surface area (Å²) in [7, 11) is 0. The maximum Gasteiger partial charge on any atom is 0.410 e. The van der Waals surface area contributed by atoms with Gasteiger partial charge < -0.3 is 20.1 Å². The second-order valence-electron chi connectivity index (χ2n) is 6.52. The Hall–Kier alpha value is -1.30. The monoisotopic (exact) mass is 286 g/mol. The van der Waals surface area contributed by atoms with Gasteiger partial charge in [0.2, 0.25) is 5.91 Å². The lowest BCUT2D eigenvalue weighted by molar-refractivity contribution is -0.122. The molecule has 6 heteroatoms. The molecule has 1 unspecified atom stereocenters. The molecule has 116 valence electrons. The maximum absolute atomic E-state index is 12.1. The van der Waals surface area contributed by atoms with Crippen molar-refractivity contribution in [2.75, 3.05) is 19.7 Å². The number of nitrogens with two attached hydrogens (primary N) is 1. The van der Waals surface area contributed by atoms with Crippen molar-refractivity contribution in [3.05, 3.63) is 0 Å². The molecule has 1 atom stereocenters. The number of primary amides is 1. The summed E-state index contributed by atoms with van der Waals surface area (Å²) in [6.45, 7) is 8.91. The van der Waals surface area contributed by atoms with Crippen LogP contribution < -0.4 is 5.73 Å². The van der Waals surface area contributed by atoms with E-state index in [1.165, 1.54) is 0 Å². The lowest BCUT2D eigenvalue weighted by Gasteiger charge is -2.40. The van der Waals surface area contributed by atoms with Crippen molar-refractivity contribution in [3.8, 4) is 0 Å². The topological polar surface area (TPSA) is 81.9 Å². The third-order valence-electron chi connectivity index (χ3n) is 3.11. The smallest absolute Gasteiger partial charge is 0.410 e. The second-order valence-corrected chi connectivity index (χ2v) is 6.52. The van der Waals surface area contributed by atoms with Crippen LogP contribution in [0, 0.1) is 0 Å². The van der Waals surface area contributed by atoms with Crippen LogP contribution in [0.4, 0.5) is 4.79 Å². The predicted octanol–water partition coefficient (Wildman–Crippen LogP) is 1.67. The lowest BCUT2D eigenvalue weighted by Crippen LogP contribution is -2.51. The summed E-state index contributed by atoms with van der Waals surface area (Å²) in [5.74, 6) is -0.381. The first-order chi connectivity index (χ1) is 9.11. The molecule has 1 fully saturated rings. The number of rotatable bonds is 4. The van der Waals surface area contributed by atoms with Crippen LogP contribution in [0.5, 0.6) is 0 Å². The minimum Gasteiger partial charge on any atom is -0.444 e. The van der Waals surface area contributed by atoms with Crippen molar-refractivity contribution in [1.29, 1.82) is 0 Å². The average molecular weight is 286 g/mol. The minimum atomic E-state index is -0.502. The fourth-order valence-electron chi connectivity index (χ4n) is 2.20. The van der Waals surface area contributed by atoms with Gasteiger partial charge in [-0.2, -0.15) is 0 Å². The molecule has 6 nitrogen and oxygen atoms in total. The number of hydrogen-bond donors (Lipinski definition) is 1. The minimum absolute atomic E-state index is 0.196. The highest BCUT2D eigenvalue weighted by atomic mass is 16.6. The fraction of sp³-hybridized carbons (Fsp3) is 0.857. The van der Waals surface area contributed by atoms with Crippen molar-refractivity contribution in [2.45, 2.75) is 58.2 Å². The summed E-state index contributed by atoms with van der Waals surface area (Å²) in [4.78, 5) is 24.5. The molecule has 1 heterocycles. The summed E-state index contributed by atoms with van der Waals surface area (Å²) in [6.07, 6.45) is 1.58. The van der Waals surface area contributed by atoms with Gasteiger partial charge in [-0.05, 0) is 40.5 Å². The predicted molar refractivity (Wildman–Crippen MR) is 75.2 cm³/mol. The molecule has 0 aliphatic carbocycles. The van der Waals surface area contributed by atoms with Gasteiger partial charge in [0, 0.05) is 13.0 Å². The molecule has 0 bridgehead atoms. The van der Waals surface area contributed by atoms with E-state index in [-0.39, 0.29) is 25.0 Å². The van der Waals surface area contributed by atoms with Gasteiger partial charge in [0.1, 0.15) is 5.60 Å². The lowest BCUT2D eigenvalue weighted by atomic mass is 9.95. The largest absolute Gasteiger partial charge is 0.444 e. The van der Waals surface area contributed by atoms with Gasteiger partial charge in [0.05, 0.1) is 18.8 Å². The van der Waals surface area contributed by atoms with Crippen LogP contribution in [0.15, 0.2) is 0 Å². The number of likely N-dealkylation sites (tertiary alicyclic amines) is 1. The Morgan fingerprint density at radius 2 is 2.00 bits per heavy atom. The number of carbonyl (C=O) groups is 2. The van der Waals surface area contributed by atoms with Crippen molar-refractivity contribution in [2.24, 2.45) is 5.73 Å². The summed E-state index contributed by atoms with van der Waals surface area (Å²) in [5.41, 5.74) is 4.15. The van der Waals surface area contributed by atoms with Crippen LogP contribution in [0.2, 0.25) is 0 Å². The van der Waals surface area contributed by atoms with E-state index in [1.807, 2.05) is 27.7 Å². The highest BCUT2D eigenvalue weighted by molar-refractivity contribution is 5.73. The van der Waals surface area contributed by atoms with Gasteiger partial charge >= 0.3 is 6.09 Å². The second kappa shape index (κ2) is 6.43. The van der Waals surface area contributed by atoms with E-state index in [9.17, 15) is 9.59 Å². The van der Waals surface area contributed by atoms with Crippen LogP contribution in [0.1, 0.15) is 47.0 Å². The van der Waals surface area contributed by atoms with E-state index in [2.05, 4.69) is 0 Å². The molecule has 1 saturated heterocycles. The highest BCUT2D eigenvalue weighted by Crippen LogP contribution is 2.26. The Morgan fingerprint density at radius 3 is 2.55 bits per heavy atom. The maximum atomic E-state index is 12.1. The van der Waals surface area contributed by atoms with Crippen LogP contribution in [-0.2, 0) is 14.3 Å². The molecule has 0 aromatic rings. The summed E-state index contributed by atoms with van der Waals surface area (Å²) in [5, 5.41) is 0. The first-order valence-electron chi connectivity index (χ1n) is 7.01. The van der Waals surface area contributed by atoms with Gasteiger partial charge in [-0.25, -0.2) is 4.79 Å². The standard InChI is InChI=1S/C14H26N2O4/c1-13(2,3)20-12(18)16-8-5-7-14(4,10-16)19-9-6-11(15)17/h5-10H2,1-4H3,(H2,15,17). The number of hydrogen-bond acceptors (Lipinski definition) is 4. The van der Waals surface area contributed by atoms with E-state index < -0.39 is 11.2 Å². The van der Waals surface area contributed by atoms with Gasteiger partial charge in [-0.3, -0.25) is 4.79 Å². The quantitative estimate of drug-likeness (QED) is 0.852. The van der Waals surface area contributed by atoms with Crippen molar-refractivity contribution < 1.29 is 19.1 Å². The van der Waals surface area contributed by atoms with Gasteiger partial charge in [-0.15, -0.1) is 0 Å². The molecule has 0 aromatic carbocycles. The van der Waals surface area contributed by atoms with Crippen molar-refractivity contribution in [3.63, 3.8) is 0 Å². The Labute approximate surface area is 120 Å². The van der Waals surface area contributed by atoms with Gasteiger partial charge in [0.15, 0.2) is 0 Å². The van der Waals surface area contributed by atoms with E-state index in [0.29, 0.717) is 13.1 Å². The molecule has 1 aliphatic rings. The average Bonchev–Trinajstić information content (AvgIpc) is 2.25. The Balaban J connectivity index is 2.52. The molecule has 1 rings (SSSR count). The fourth-order valence-corrected chi connectivity index (χ4v) is 2.20. The first-order valence-corrected chi connectivity index (χ1v) is 7.01. The molecule has 0 aromatic heterocycles. The van der Waals surface area contributed by atoms with E-state index in [4.69, 9.17) is 15.2 Å². The summed E-state index contributed by atoms with van der Waals surface area (Å²) in [6, 6.07) is 0. The normalized spacial score (nSPS) is 23.5. The Kier molecular flexibility index (Phi) is 5.39. The van der Waals surface area contributed by atoms with E-state index in [0.717, 1.165) is 12.8 Å². The molecule has 20 heavy (non-hydrogen) atoms. The van der Waals surface area contributed by atoms with Crippen molar-refractivity contribution in [1.82, 2.24) is 4.90 Å². The molecule has 1 aliphatic heterocycles. The van der Waals surface area contributed by atoms with E-state index in [1.54, 1.807) is 4.90 Å². The molecular formula is C14H26N2O4. The number of amides is 2. The summed E-state index contributed by atoms with van der Waals surface area (Å²) >= 11 is 0. The van der Waals surface area contributed by atoms with E-state index >= 15 is 0 Å². The van der Waals surface area contributed by atoms with Crippen molar-refractivity contribution >= 4 is 12.0 Å². The third-order valence-corrected chi connectivity index (χ3v) is 3.11. The zero-order valence-electron chi connectivity index (χ0n) is 12.9. The number of ether oxygens (including phenoxy) is 2. The molecule has 2 N–H and O–H groups in total. The zero-order valence-corrected chi connectivity index (χ0v) is 12.9. The highest BCUT2D eigenvalue weighted by Gasteiger charge is 2.35. The molecular weight excluding hydrogens is 260 g/mol.